The minimum absolute atomic E-state index is 0.0388. The van der Waals surface area contributed by atoms with Crippen LogP contribution in [-0.4, -0.2) is 17.7 Å². The summed E-state index contributed by atoms with van der Waals surface area (Å²) in [6.45, 7) is 6.28. The van der Waals surface area contributed by atoms with E-state index < -0.39 is 0 Å². The summed E-state index contributed by atoms with van der Waals surface area (Å²) in [7, 11) is 1.81. The fraction of sp³-hybridized carbons (Fsp3) is 0.200. The van der Waals surface area contributed by atoms with Gasteiger partial charge in [0.1, 0.15) is 0 Å². The maximum absolute atomic E-state index is 12.6. The molecule has 0 N–H and O–H groups in total. The van der Waals surface area contributed by atoms with Gasteiger partial charge in [0.25, 0.3) is 5.56 Å². The summed E-state index contributed by atoms with van der Waals surface area (Å²) in [5.41, 5.74) is 5.72. The third kappa shape index (κ3) is 3.51. The van der Waals surface area contributed by atoms with Crippen LogP contribution in [0.1, 0.15) is 19.4 Å². The zero-order valence-corrected chi connectivity index (χ0v) is 18.2. The molecular weight excluding hydrogens is 390 g/mol. The number of nitrogens with zero attached hydrogens (tertiary/aromatic N) is 3. The summed E-state index contributed by atoms with van der Waals surface area (Å²) < 4.78 is 2.77. The fourth-order valence-electron chi connectivity index (χ4n) is 3.73. The number of fused-ring (bicyclic) bond motifs is 1. The Balaban J connectivity index is 1.83. The highest BCUT2D eigenvalue weighted by molar-refractivity contribution is 7.22. The van der Waals surface area contributed by atoms with E-state index in [2.05, 4.69) is 55.1 Å². The lowest BCUT2D eigenvalue weighted by Gasteiger charge is -2.21. The van der Waals surface area contributed by atoms with E-state index >= 15 is 0 Å². The van der Waals surface area contributed by atoms with E-state index in [1.54, 1.807) is 34.1 Å². The van der Waals surface area contributed by atoms with E-state index in [0.29, 0.717) is 5.56 Å². The van der Waals surface area contributed by atoms with Gasteiger partial charge in [0, 0.05) is 42.3 Å². The van der Waals surface area contributed by atoms with Crippen molar-refractivity contribution in [3.8, 4) is 27.6 Å². The molecule has 0 spiro atoms. The lowest BCUT2D eigenvalue weighted by atomic mass is 10.0. The smallest absolute Gasteiger partial charge is 0.251 e. The topological polar surface area (TPSA) is 49.0 Å². The second-order valence-electron chi connectivity index (χ2n) is 7.19. The molecule has 0 amide bonds. The summed E-state index contributed by atoms with van der Waals surface area (Å²) >= 11 is 1.69. The van der Waals surface area contributed by atoms with Gasteiger partial charge < -0.3 is 9.47 Å². The van der Waals surface area contributed by atoms with Gasteiger partial charge in [-0.3, -0.25) is 4.79 Å². The lowest BCUT2D eigenvalue weighted by Crippen LogP contribution is -2.21. The van der Waals surface area contributed by atoms with Crippen LogP contribution in [0.5, 0.6) is 0 Å². The second-order valence-corrected chi connectivity index (χ2v) is 8.24. The molecule has 4 rings (SSSR count). The molecule has 0 bridgehead atoms. The first-order valence-corrected chi connectivity index (χ1v) is 10.9. The molecule has 0 aliphatic carbocycles. The monoisotopic (exact) mass is 413 g/mol. The maximum atomic E-state index is 12.6. The predicted octanol–water partition coefficient (Wildman–Crippen LogP) is 5.65. The van der Waals surface area contributed by atoms with Crippen LogP contribution in [0.2, 0.25) is 0 Å². The van der Waals surface area contributed by atoms with Gasteiger partial charge in [-0.15, -0.1) is 11.3 Å². The van der Waals surface area contributed by atoms with Crippen LogP contribution in [-0.2, 0) is 7.05 Å². The van der Waals surface area contributed by atoms with Crippen LogP contribution in [0.4, 0.5) is 5.69 Å². The fourth-order valence-corrected chi connectivity index (χ4v) is 4.97. The molecule has 0 saturated carbocycles. The molecule has 2 aromatic carbocycles. The van der Waals surface area contributed by atoms with Crippen molar-refractivity contribution in [3.05, 3.63) is 76.6 Å². The van der Waals surface area contributed by atoms with Gasteiger partial charge in [0.15, 0.2) is 0 Å². The summed E-state index contributed by atoms with van der Waals surface area (Å²) in [4.78, 5) is 16.0. The highest BCUT2D eigenvalue weighted by Gasteiger charge is 2.14. The normalized spacial score (nSPS) is 10.9. The summed E-state index contributed by atoms with van der Waals surface area (Å²) in [5, 5.41) is 9.06. The molecule has 0 atom stereocenters. The number of aromatic nitrogens is 1. The second kappa shape index (κ2) is 8.17. The van der Waals surface area contributed by atoms with Crippen LogP contribution in [0, 0.1) is 11.3 Å². The Morgan fingerprint density at radius 3 is 2.20 bits per heavy atom. The zero-order chi connectivity index (χ0) is 21.3. The highest BCUT2D eigenvalue weighted by atomic mass is 32.1. The van der Waals surface area contributed by atoms with Gasteiger partial charge in [-0.1, -0.05) is 24.3 Å². The van der Waals surface area contributed by atoms with E-state index in [9.17, 15) is 4.79 Å². The van der Waals surface area contributed by atoms with E-state index in [1.807, 2.05) is 19.2 Å². The molecule has 2 aromatic heterocycles. The van der Waals surface area contributed by atoms with E-state index in [0.717, 1.165) is 44.9 Å². The summed E-state index contributed by atoms with van der Waals surface area (Å²) in [6.07, 6.45) is 0. The Morgan fingerprint density at radius 1 is 0.967 bits per heavy atom. The SMILES string of the molecule is CCN(CC)c1ccc(-c2cc3c(s2)c(-c2ccc(C#N)cc2)cc(=O)n3C)cc1. The van der Waals surface area contributed by atoms with Crippen molar-refractivity contribution in [1.29, 1.82) is 5.26 Å². The molecule has 0 radical (unpaired) electrons. The molecule has 0 aliphatic rings. The Kier molecular flexibility index (Phi) is 5.43. The molecule has 150 valence electrons. The molecular formula is C25H23N3OS. The van der Waals surface area contributed by atoms with Crippen LogP contribution in [0.15, 0.2) is 65.5 Å². The Labute approximate surface area is 180 Å². The zero-order valence-electron chi connectivity index (χ0n) is 17.3. The standard InChI is InChI=1S/C25H23N3OS/c1-4-28(5-2)20-12-10-19(11-13-20)23-15-22-25(30-23)21(14-24(29)27(22)3)18-8-6-17(16-26)7-9-18/h6-15H,4-5H2,1-3H3. The molecule has 4 nitrogen and oxygen atoms in total. The first-order chi connectivity index (χ1) is 14.5. The van der Waals surface area contributed by atoms with Gasteiger partial charge in [0.05, 0.1) is 21.8 Å². The Bertz CT molecular complexity index is 1290. The maximum Gasteiger partial charge on any atom is 0.251 e. The van der Waals surface area contributed by atoms with Gasteiger partial charge in [-0.25, -0.2) is 0 Å². The van der Waals surface area contributed by atoms with Crippen molar-refractivity contribution in [2.45, 2.75) is 13.8 Å². The van der Waals surface area contributed by atoms with E-state index in [1.165, 1.54) is 5.69 Å². The van der Waals surface area contributed by atoms with E-state index in [-0.39, 0.29) is 5.56 Å². The number of aryl methyl sites for hydroxylation is 1. The number of benzene rings is 2. The molecule has 0 aliphatic heterocycles. The van der Waals surface area contributed by atoms with Crippen LogP contribution in [0.3, 0.4) is 0 Å². The third-order valence-electron chi connectivity index (χ3n) is 5.52. The van der Waals surface area contributed by atoms with Crippen molar-refractivity contribution < 1.29 is 0 Å². The van der Waals surface area contributed by atoms with Crippen molar-refractivity contribution in [1.82, 2.24) is 4.57 Å². The van der Waals surface area contributed by atoms with Crippen LogP contribution < -0.4 is 10.5 Å². The highest BCUT2D eigenvalue weighted by Crippen LogP contribution is 2.38. The number of hydrogen-bond donors (Lipinski definition) is 0. The van der Waals surface area contributed by atoms with Crippen molar-refractivity contribution in [2.75, 3.05) is 18.0 Å². The number of pyridine rings is 1. The summed E-state index contributed by atoms with van der Waals surface area (Å²) in [6, 6.07) is 21.9. The molecule has 5 heteroatoms. The minimum Gasteiger partial charge on any atom is -0.372 e. The van der Waals surface area contributed by atoms with Crippen molar-refractivity contribution in [3.63, 3.8) is 0 Å². The van der Waals surface area contributed by atoms with Crippen LogP contribution in [0.25, 0.3) is 31.8 Å². The number of anilines is 1. The minimum atomic E-state index is -0.0388. The molecule has 30 heavy (non-hydrogen) atoms. The van der Waals surface area contributed by atoms with Crippen molar-refractivity contribution in [2.24, 2.45) is 7.05 Å². The number of hydrogen-bond acceptors (Lipinski definition) is 4. The average Bonchev–Trinajstić information content (AvgIpc) is 3.23. The van der Waals surface area contributed by atoms with E-state index in [4.69, 9.17) is 5.26 Å². The number of thiophene rings is 1. The molecule has 0 unspecified atom stereocenters. The summed E-state index contributed by atoms with van der Waals surface area (Å²) in [5.74, 6) is 0. The molecule has 0 fully saturated rings. The van der Waals surface area contributed by atoms with Crippen LogP contribution >= 0.6 is 11.3 Å². The lowest BCUT2D eigenvalue weighted by molar-refractivity contribution is 0.866. The van der Waals surface area contributed by atoms with Gasteiger partial charge in [-0.2, -0.15) is 5.26 Å². The largest absolute Gasteiger partial charge is 0.372 e. The third-order valence-corrected chi connectivity index (χ3v) is 6.73. The number of rotatable bonds is 5. The Hall–Kier alpha value is -3.36. The average molecular weight is 414 g/mol. The van der Waals surface area contributed by atoms with Gasteiger partial charge in [0.2, 0.25) is 0 Å². The van der Waals surface area contributed by atoms with Gasteiger partial charge >= 0.3 is 0 Å². The predicted molar refractivity (Wildman–Crippen MR) is 126 cm³/mol. The number of nitriles is 1. The van der Waals surface area contributed by atoms with Crippen molar-refractivity contribution >= 4 is 27.2 Å². The molecule has 4 aromatic rings. The molecule has 2 heterocycles. The molecule has 0 saturated heterocycles. The quantitative estimate of drug-likeness (QED) is 0.425. The first kappa shape index (κ1) is 19.9. The van der Waals surface area contributed by atoms with Gasteiger partial charge in [-0.05, 0) is 55.3 Å². The Morgan fingerprint density at radius 2 is 1.60 bits per heavy atom. The first-order valence-electron chi connectivity index (χ1n) is 10.0.